The lowest BCUT2D eigenvalue weighted by atomic mass is 10.1. The fourth-order valence-electron chi connectivity index (χ4n) is 3.52. The van der Waals surface area contributed by atoms with Gasteiger partial charge in [0.05, 0.1) is 31.8 Å². The second-order valence-electron chi connectivity index (χ2n) is 8.71. The molecule has 8 nitrogen and oxygen atoms in total. The van der Waals surface area contributed by atoms with E-state index < -0.39 is 0 Å². The first-order valence-corrected chi connectivity index (χ1v) is 12.3. The molecule has 37 heavy (non-hydrogen) atoms. The van der Waals surface area contributed by atoms with Crippen LogP contribution in [0.5, 0.6) is 0 Å². The molecule has 0 atom stereocenters. The van der Waals surface area contributed by atoms with Gasteiger partial charge in [0.1, 0.15) is 0 Å². The third-order valence-corrected chi connectivity index (χ3v) is 5.29. The predicted octanol–water partition coefficient (Wildman–Crippen LogP) is 3.34. The zero-order chi connectivity index (χ0) is 27.2. The quantitative estimate of drug-likeness (QED) is 0.424. The minimum absolute atomic E-state index is 0.0664. The molecule has 0 spiro atoms. The molecular formula is C29H35N3O5. The smallest absolute Gasteiger partial charge is 0.310 e. The second-order valence-corrected chi connectivity index (χ2v) is 8.71. The van der Waals surface area contributed by atoms with Crippen molar-refractivity contribution in [3.05, 3.63) is 99.0 Å². The lowest BCUT2D eigenvalue weighted by Gasteiger charge is -2.07. The standard InChI is InChI=1S/C16H18N2O3.C13H17NO2/c1-3-21-16(20)10-13-5-4-6-14(9-13)11-18-15(19)8-7-12(2)17-18;1-10-4-3-5-12(8-10)6-7-13(16)9-14-11(2)15/h4-9H,3,10-11H2,1-2H3;3-5,8H,6-7,9H2,1-2H3,(H,14,15). The first-order chi connectivity index (χ1) is 17.7. The summed E-state index contributed by atoms with van der Waals surface area (Å²) in [5.74, 6) is -0.346. The van der Waals surface area contributed by atoms with Crippen LogP contribution in [0.15, 0.2) is 65.5 Å². The molecule has 196 valence electrons. The summed E-state index contributed by atoms with van der Waals surface area (Å²) in [5, 5.41) is 6.71. The number of ketones is 1. The zero-order valence-corrected chi connectivity index (χ0v) is 22.0. The highest BCUT2D eigenvalue weighted by atomic mass is 16.5. The molecule has 0 bridgehead atoms. The molecule has 0 aliphatic rings. The van der Waals surface area contributed by atoms with Crippen LogP contribution in [0.2, 0.25) is 0 Å². The number of hydrogen-bond donors (Lipinski definition) is 1. The maximum atomic E-state index is 11.7. The van der Waals surface area contributed by atoms with Gasteiger partial charge in [-0.1, -0.05) is 54.1 Å². The van der Waals surface area contributed by atoms with E-state index in [2.05, 4.69) is 16.5 Å². The maximum absolute atomic E-state index is 11.7. The number of rotatable bonds is 10. The van der Waals surface area contributed by atoms with Crippen LogP contribution in [0.3, 0.4) is 0 Å². The van der Waals surface area contributed by atoms with Crippen LogP contribution in [0, 0.1) is 13.8 Å². The number of nitrogens with zero attached hydrogens (tertiary/aromatic N) is 2. The number of amides is 1. The highest BCUT2D eigenvalue weighted by Crippen LogP contribution is 2.08. The van der Waals surface area contributed by atoms with Gasteiger partial charge in [0.2, 0.25) is 5.91 Å². The van der Waals surface area contributed by atoms with Crippen LogP contribution in [0.1, 0.15) is 48.2 Å². The maximum Gasteiger partial charge on any atom is 0.310 e. The number of ether oxygens (including phenoxy) is 1. The van der Waals surface area contributed by atoms with E-state index in [0.29, 0.717) is 19.6 Å². The number of esters is 1. The Hall–Kier alpha value is -4.07. The summed E-state index contributed by atoms with van der Waals surface area (Å²) in [4.78, 5) is 45.2. The molecule has 1 heterocycles. The molecule has 0 radical (unpaired) electrons. The third-order valence-electron chi connectivity index (χ3n) is 5.29. The number of benzene rings is 2. The van der Waals surface area contributed by atoms with E-state index in [1.54, 1.807) is 13.0 Å². The van der Waals surface area contributed by atoms with Crippen LogP contribution in [0.25, 0.3) is 0 Å². The van der Waals surface area contributed by atoms with Gasteiger partial charge in [-0.3, -0.25) is 19.2 Å². The zero-order valence-electron chi connectivity index (χ0n) is 22.0. The minimum atomic E-state index is -0.250. The normalized spacial score (nSPS) is 10.2. The van der Waals surface area contributed by atoms with Gasteiger partial charge in [0.25, 0.3) is 5.56 Å². The van der Waals surface area contributed by atoms with E-state index >= 15 is 0 Å². The minimum Gasteiger partial charge on any atom is -0.466 e. The Balaban J connectivity index is 0.000000271. The SMILES string of the molecule is CC(=O)NCC(=O)CCc1cccc(C)c1.CCOC(=O)Cc1cccc(Cn2nc(C)ccc2=O)c1. The Morgan fingerprint density at radius 3 is 2.35 bits per heavy atom. The Bertz CT molecular complexity index is 1270. The number of carbonyl (C=O) groups is 3. The lowest BCUT2D eigenvalue weighted by molar-refractivity contribution is -0.142. The number of aryl methyl sites for hydroxylation is 3. The first-order valence-electron chi connectivity index (χ1n) is 12.3. The van der Waals surface area contributed by atoms with Gasteiger partial charge in [-0.15, -0.1) is 0 Å². The molecule has 0 fully saturated rings. The van der Waals surface area contributed by atoms with Gasteiger partial charge < -0.3 is 10.1 Å². The van der Waals surface area contributed by atoms with E-state index in [1.165, 1.54) is 23.2 Å². The van der Waals surface area contributed by atoms with Crippen molar-refractivity contribution in [3.63, 3.8) is 0 Å². The molecule has 0 unspecified atom stereocenters. The number of aromatic nitrogens is 2. The highest BCUT2D eigenvalue weighted by molar-refractivity contribution is 5.85. The van der Waals surface area contributed by atoms with Gasteiger partial charge in [-0.25, -0.2) is 4.68 Å². The fraction of sp³-hybridized carbons (Fsp3) is 0.345. The summed E-state index contributed by atoms with van der Waals surface area (Å²) in [7, 11) is 0. The van der Waals surface area contributed by atoms with Gasteiger partial charge in [-0.2, -0.15) is 5.10 Å². The van der Waals surface area contributed by atoms with Crippen molar-refractivity contribution >= 4 is 17.7 Å². The van der Waals surface area contributed by atoms with E-state index in [4.69, 9.17) is 4.74 Å². The molecule has 2 aromatic carbocycles. The molecule has 0 saturated heterocycles. The summed E-state index contributed by atoms with van der Waals surface area (Å²) >= 11 is 0. The molecular weight excluding hydrogens is 470 g/mol. The van der Waals surface area contributed by atoms with Gasteiger partial charge in [0.15, 0.2) is 5.78 Å². The number of carbonyl (C=O) groups excluding carboxylic acids is 3. The average molecular weight is 506 g/mol. The predicted molar refractivity (Wildman–Crippen MR) is 142 cm³/mol. The van der Waals surface area contributed by atoms with Gasteiger partial charge in [-0.05, 0) is 49.9 Å². The third kappa shape index (κ3) is 11.5. The van der Waals surface area contributed by atoms with Gasteiger partial charge in [0, 0.05) is 19.4 Å². The van der Waals surface area contributed by atoms with Crippen molar-refractivity contribution in [3.8, 4) is 0 Å². The molecule has 1 amide bonds. The number of nitrogens with one attached hydrogen (secondary N) is 1. The van der Waals surface area contributed by atoms with E-state index in [0.717, 1.165) is 28.8 Å². The van der Waals surface area contributed by atoms with Crippen molar-refractivity contribution in [2.45, 2.75) is 53.5 Å². The molecule has 0 aliphatic heterocycles. The van der Waals surface area contributed by atoms with Crippen LogP contribution in [-0.4, -0.2) is 40.6 Å². The number of Topliss-reactive ketones (excluding diaryl/α,β-unsaturated/α-hetero) is 1. The molecule has 1 N–H and O–H groups in total. The van der Waals surface area contributed by atoms with Crippen molar-refractivity contribution in [1.29, 1.82) is 0 Å². The summed E-state index contributed by atoms with van der Waals surface area (Å²) < 4.78 is 6.35. The fourth-order valence-corrected chi connectivity index (χ4v) is 3.52. The molecule has 0 aliphatic carbocycles. The Kier molecular flexibility index (Phi) is 11.9. The van der Waals surface area contributed by atoms with Crippen LogP contribution >= 0.6 is 0 Å². The monoisotopic (exact) mass is 505 g/mol. The largest absolute Gasteiger partial charge is 0.466 e. The van der Waals surface area contributed by atoms with Crippen LogP contribution in [0.4, 0.5) is 0 Å². The van der Waals surface area contributed by atoms with E-state index in [1.807, 2.05) is 56.3 Å². The molecule has 8 heteroatoms. The average Bonchev–Trinajstić information content (AvgIpc) is 2.84. The van der Waals surface area contributed by atoms with E-state index in [-0.39, 0.29) is 36.2 Å². The van der Waals surface area contributed by atoms with Crippen molar-refractivity contribution < 1.29 is 19.1 Å². The molecule has 3 rings (SSSR count). The lowest BCUT2D eigenvalue weighted by Crippen LogP contribution is -2.27. The Morgan fingerprint density at radius 2 is 1.65 bits per heavy atom. The van der Waals surface area contributed by atoms with Crippen molar-refractivity contribution in [2.24, 2.45) is 0 Å². The molecule has 0 saturated carbocycles. The van der Waals surface area contributed by atoms with Crippen molar-refractivity contribution in [2.75, 3.05) is 13.2 Å². The molecule has 3 aromatic rings. The van der Waals surface area contributed by atoms with E-state index in [9.17, 15) is 19.2 Å². The first kappa shape index (κ1) is 29.2. The Labute approximate surface area is 217 Å². The highest BCUT2D eigenvalue weighted by Gasteiger charge is 2.06. The summed E-state index contributed by atoms with van der Waals surface area (Å²) in [5.41, 5.74) is 4.81. The van der Waals surface area contributed by atoms with Crippen LogP contribution < -0.4 is 10.9 Å². The van der Waals surface area contributed by atoms with Gasteiger partial charge >= 0.3 is 5.97 Å². The summed E-state index contributed by atoms with van der Waals surface area (Å²) in [6.45, 7) is 7.97. The second kappa shape index (κ2) is 15.1. The summed E-state index contributed by atoms with van der Waals surface area (Å²) in [6.07, 6.45) is 1.45. The number of hydrogen-bond acceptors (Lipinski definition) is 6. The van der Waals surface area contributed by atoms with Crippen LogP contribution in [-0.2, 0) is 38.5 Å². The topological polar surface area (TPSA) is 107 Å². The Morgan fingerprint density at radius 1 is 0.946 bits per heavy atom. The summed E-state index contributed by atoms with van der Waals surface area (Å²) in [6, 6.07) is 18.8. The van der Waals surface area contributed by atoms with Crippen molar-refractivity contribution in [1.82, 2.24) is 15.1 Å². The molecule has 1 aromatic heterocycles.